The number of nitrogens with one attached hydrogen (secondary N) is 1. The van der Waals surface area contributed by atoms with Gasteiger partial charge in [0.2, 0.25) is 0 Å². The number of hydrogen-bond donors (Lipinski definition) is 1. The van der Waals surface area contributed by atoms with Gasteiger partial charge in [0.1, 0.15) is 0 Å². The van der Waals surface area contributed by atoms with Gasteiger partial charge >= 0.3 is 0 Å². The van der Waals surface area contributed by atoms with E-state index in [0.717, 1.165) is 31.5 Å². The zero-order valence-electron chi connectivity index (χ0n) is 14.2. The molecule has 25 heavy (non-hydrogen) atoms. The van der Waals surface area contributed by atoms with Crippen LogP contribution in [0.3, 0.4) is 0 Å². The lowest BCUT2D eigenvalue weighted by Gasteiger charge is -2.22. The second-order valence-corrected chi connectivity index (χ2v) is 6.45. The Labute approximate surface area is 158 Å². The summed E-state index contributed by atoms with van der Waals surface area (Å²) in [5, 5.41) is 12.3. The quantitative estimate of drug-likeness (QED) is 0.861. The highest BCUT2D eigenvalue weighted by atomic mass is 35.5. The van der Waals surface area contributed by atoms with Crippen LogP contribution in [0.5, 0.6) is 0 Å². The number of hydrogen-bond acceptors (Lipinski definition) is 4. The van der Waals surface area contributed by atoms with Crippen LogP contribution in [0.15, 0.2) is 30.5 Å². The summed E-state index contributed by atoms with van der Waals surface area (Å²) in [7, 11) is 0. The van der Waals surface area contributed by atoms with Gasteiger partial charge < -0.3 is 10.2 Å². The van der Waals surface area contributed by atoms with Gasteiger partial charge in [-0.05, 0) is 50.6 Å². The number of rotatable bonds is 5. The zero-order chi connectivity index (χ0) is 16.9. The molecule has 0 atom stereocenters. The number of nitrogens with zero attached hydrogens (tertiary/aromatic N) is 4. The van der Waals surface area contributed by atoms with Crippen molar-refractivity contribution in [2.45, 2.75) is 32.4 Å². The molecule has 0 saturated carbocycles. The van der Waals surface area contributed by atoms with Gasteiger partial charge in [-0.15, -0.1) is 17.5 Å². The zero-order valence-corrected chi connectivity index (χ0v) is 15.8. The van der Waals surface area contributed by atoms with Crippen molar-refractivity contribution in [2.24, 2.45) is 0 Å². The first-order valence-electron chi connectivity index (χ1n) is 8.33. The van der Waals surface area contributed by atoms with E-state index in [1.807, 2.05) is 35.9 Å². The van der Waals surface area contributed by atoms with Crippen molar-refractivity contribution in [1.29, 1.82) is 0 Å². The summed E-state index contributed by atoms with van der Waals surface area (Å²) in [4.78, 5) is 14.5. The summed E-state index contributed by atoms with van der Waals surface area (Å²) in [5.74, 6) is -0.0994. The molecule has 3 rings (SSSR count). The van der Waals surface area contributed by atoms with Crippen LogP contribution in [0, 0.1) is 0 Å². The Morgan fingerprint density at radius 3 is 2.84 bits per heavy atom. The van der Waals surface area contributed by atoms with E-state index in [1.54, 1.807) is 11.1 Å². The number of benzene rings is 1. The molecule has 2 aromatic rings. The van der Waals surface area contributed by atoms with Gasteiger partial charge in [-0.2, -0.15) is 0 Å². The molecule has 1 aliphatic heterocycles. The minimum Gasteiger partial charge on any atom is -0.333 e. The predicted molar refractivity (Wildman–Crippen MR) is 100 cm³/mol. The molecule has 0 spiro atoms. The first-order valence-corrected chi connectivity index (χ1v) is 8.71. The van der Waals surface area contributed by atoms with Crippen LogP contribution in [0.25, 0.3) is 0 Å². The molecule has 1 fully saturated rings. The van der Waals surface area contributed by atoms with E-state index in [2.05, 4.69) is 15.6 Å². The largest absolute Gasteiger partial charge is 0.333 e. The van der Waals surface area contributed by atoms with E-state index in [9.17, 15) is 4.79 Å². The second kappa shape index (κ2) is 9.17. The SMILES string of the molecule is CCN(Cc1cccc(Cl)c1)C(=O)c1cn(C2CCNCC2)nn1.Cl. The third-order valence-corrected chi connectivity index (χ3v) is 4.58. The maximum absolute atomic E-state index is 12.7. The van der Waals surface area contributed by atoms with Crippen molar-refractivity contribution < 1.29 is 4.79 Å². The molecule has 1 N–H and O–H groups in total. The van der Waals surface area contributed by atoms with Crippen molar-refractivity contribution >= 4 is 29.9 Å². The molecule has 2 heterocycles. The summed E-state index contributed by atoms with van der Waals surface area (Å²) in [6, 6.07) is 7.89. The van der Waals surface area contributed by atoms with Crippen LogP contribution >= 0.6 is 24.0 Å². The molecule has 6 nitrogen and oxygen atoms in total. The Kier molecular flexibility index (Phi) is 7.23. The van der Waals surface area contributed by atoms with Crippen LogP contribution in [0.2, 0.25) is 5.02 Å². The third-order valence-electron chi connectivity index (χ3n) is 4.34. The average molecular weight is 384 g/mol. The van der Waals surface area contributed by atoms with Crippen molar-refractivity contribution in [1.82, 2.24) is 25.2 Å². The summed E-state index contributed by atoms with van der Waals surface area (Å²) >= 11 is 6.02. The fourth-order valence-electron chi connectivity index (χ4n) is 2.97. The van der Waals surface area contributed by atoms with E-state index in [0.29, 0.717) is 29.8 Å². The van der Waals surface area contributed by atoms with Crippen molar-refractivity contribution in [3.63, 3.8) is 0 Å². The van der Waals surface area contributed by atoms with Gasteiger partial charge in [-0.3, -0.25) is 4.79 Å². The Bertz CT molecular complexity index is 700. The molecule has 1 aromatic heterocycles. The molecule has 1 amide bonds. The van der Waals surface area contributed by atoms with Crippen molar-refractivity contribution in [3.8, 4) is 0 Å². The first-order chi connectivity index (χ1) is 11.7. The molecular formula is C17H23Cl2N5O. The van der Waals surface area contributed by atoms with Gasteiger partial charge in [-0.1, -0.05) is 28.9 Å². The number of aromatic nitrogens is 3. The van der Waals surface area contributed by atoms with Crippen molar-refractivity contribution in [2.75, 3.05) is 19.6 Å². The van der Waals surface area contributed by atoms with Crippen LogP contribution in [0.4, 0.5) is 0 Å². The van der Waals surface area contributed by atoms with Gasteiger partial charge in [0.05, 0.1) is 12.2 Å². The van der Waals surface area contributed by atoms with E-state index in [4.69, 9.17) is 11.6 Å². The molecule has 0 radical (unpaired) electrons. The molecule has 136 valence electrons. The molecule has 0 unspecified atom stereocenters. The van der Waals surface area contributed by atoms with Gasteiger partial charge in [0, 0.05) is 18.1 Å². The van der Waals surface area contributed by atoms with E-state index in [-0.39, 0.29) is 18.3 Å². The molecule has 1 saturated heterocycles. The number of piperidine rings is 1. The fraction of sp³-hybridized carbons (Fsp3) is 0.471. The lowest BCUT2D eigenvalue weighted by Crippen LogP contribution is -2.31. The van der Waals surface area contributed by atoms with E-state index in [1.165, 1.54) is 0 Å². The van der Waals surface area contributed by atoms with Gasteiger partial charge in [-0.25, -0.2) is 4.68 Å². The van der Waals surface area contributed by atoms with Crippen molar-refractivity contribution in [3.05, 3.63) is 46.7 Å². The third kappa shape index (κ3) is 4.93. The minimum atomic E-state index is -0.0994. The summed E-state index contributed by atoms with van der Waals surface area (Å²) < 4.78 is 1.83. The predicted octanol–water partition coefficient (Wildman–Crippen LogP) is 2.94. The Hall–Kier alpha value is -1.63. The highest BCUT2D eigenvalue weighted by Gasteiger charge is 2.21. The summed E-state index contributed by atoms with van der Waals surface area (Å²) in [5.41, 5.74) is 1.40. The van der Waals surface area contributed by atoms with Gasteiger partial charge in [0.15, 0.2) is 5.69 Å². The molecule has 0 bridgehead atoms. The normalized spacial score (nSPS) is 14.8. The minimum absolute atomic E-state index is 0. The number of carbonyl (C=O) groups excluding carboxylic acids is 1. The number of amides is 1. The lowest BCUT2D eigenvalue weighted by molar-refractivity contribution is 0.0746. The second-order valence-electron chi connectivity index (χ2n) is 6.01. The van der Waals surface area contributed by atoms with Crippen LogP contribution in [-0.2, 0) is 6.54 Å². The number of carbonyl (C=O) groups is 1. The Balaban J connectivity index is 0.00000225. The number of halogens is 2. The maximum atomic E-state index is 12.7. The fourth-order valence-corrected chi connectivity index (χ4v) is 3.18. The topological polar surface area (TPSA) is 63.1 Å². The monoisotopic (exact) mass is 383 g/mol. The standard InChI is InChI=1S/C17H22ClN5O.ClH/c1-2-22(11-13-4-3-5-14(18)10-13)17(24)16-12-23(21-20-16)15-6-8-19-9-7-15;/h3-5,10,12,15,19H,2,6-9,11H2,1H3;1H. The van der Waals surface area contributed by atoms with Gasteiger partial charge in [0.25, 0.3) is 5.91 Å². The molecule has 8 heteroatoms. The Morgan fingerprint density at radius 1 is 1.40 bits per heavy atom. The summed E-state index contributed by atoms with van der Waals surface area (Å²) in [6.45, 7) is 5.02. The average Bonchev–Trinajstić information content (AvgIpc) is 3.10. The molecule has 1 aromatic carbocycles. The highest BCUT2D eigenvalue weighted by Crippen LogP contribution is 2.18. The van der Waals surface area contributed by atoms with Crippen LogP contribution in [-0.4, -0.2) is 45.4 Å². The summed E-state index contributed by atoms with van der Waals surface area (Å²) in [6.07, 6.45) is 3.80. The molecule has 0 aliphatic carbocycles. The maximum Gasteiger partial charge on any atom is 0.276 e. The highest BCUT2D eigenvalue weighted by molar-refractivity contribution is 6.30. The smallest absolute Gasteiger partial charge is 0.276 e. The van der Waals surface area contributed by atoms with E-state index < -0.39 is 0 Å². The van der Waals surface area contributed by atoms with Crippen LogP contribution < -0.4 is 5.32 Å². The lowest BCUT2D eigenvalue weighted by atomic mass is 10.1. The van der Waals surface area contributed by atoms with E-state index >= 15 is 0 Å². The Morgan fingerprint density at radius 2 is 2.16 bits per heavy atom. The molecule has 1 aliphatic rings. The first kappa shape index (κ1) is 19.7. The van der Waals surface area contributed by atoms with Crippen LogP contribution in [0.1, 0.15) is 41.9 Å². The molecular weight excluding hydrogens is 361 g/mol.